The van der Waals surface area contributed by atoms with Crippen LogP contribution in [0.2, 0.25) is 5.02 Å². The van der Waals surface area contributed by atoms with E-state index in [0.29, 0.717) is 17.4 Å². The van der Waals surface area contributed by atoms with Crippen molar-refractivity contribution in [2.24, 2.45) is 5.92 Å². The SMILES string of the molecule is Cc1ccccc1C(=O)Nc1ccc2c(c1)C1C=CCC1C(c1ccccc1Cl)N2. The highest BCUT2D eigenvalue weighted by molar-refractivity contribution is 6.31. The Morgan fingerprint density at radius 2 is 1.83 bits per heavy atom. The van der Waals surface area contributed by atoms with E-state index in [0.717, 1.165) is 33.9 Å². The van der Waals surface area contributed by atoms with E-state index in [1.807, 2.05) is 55.5 Å². The first-order valence-electron chi connectivity index (χ1n) is 10.3. The van der Waals surface area contributed by atoms with Gasteiger partial charge >= 0.3 is 0 Å². The lowest BCUT2D eigenvalue weighted by molar-refractivity contribution is 0.102. The lowest BCUT2D eigenvalue weighted by Gasteiger charge is -2.38. The van der Waals surface area contributed by atoms with Crippen LogP contribution in [-0.4, -0.2) is 5.91 Å². The number of nitrogens with one attached hydrogen (secondary N) is 2. The zero-order valence-electron chi connectivity index (χ0n) is 16.7. The highest BCUT2D eigenvalue weighted by atomic mass is 35.5. The van der Waals surface area contributed by atoms with Crippen molar-refractivity contribution in [2.45, 2.75) is 25.3 Å². The molecule has 1 amide bonds. The average Bonchev–Trinajstić information content (AvgIpc) is 3.24. The van der Waals surface area contributed by atoms with Crippen LogP contribution < -0.4 is 10.6 Å². The number of hydrogen-bond donors (Lipinski definition) is 2. The molecular formula is C26H23ClN2O. The van der Waals surface area contributed by atoms with Gasteiger partial charge in [0.15, 0.2) is 0 Å². The Balaban J connectivity index is 1.46. The smallest absolute Gasteiger partial charge is 0.255 e. The Hall–Kier alpha value is -3.04. The Morgan fingerprint density at radius 1 is 1.03 bits per heavy atom. The second-order valence-corrected chi connectivity index (χ2v) is 8.48. The molecule has 2 aliphatic rings. The number of rotatable bonds is 3. The van der Waals surface area contributed by atoms with Gasteiger partial charge in [-0.3, -0.25) is 4.79 Å². The lowest BCUT2D eigenvalue weighted by Crippen LogP contribution is -2.29. The third-order valence-electron chi connectivity index (χ3n) is 6.25. The second-order valence-electron chi connectivity index (χ2n) is 8.07. The summed E-state index contributed by atoms with van der Waals surface area (Å²) >= 11 is 6.52. The molecule has 0 aromatic heterocycles. The number of aryl methyl sites for hydroxylation is 1. The summed E-state index contributed by atoms with van der Waals surface area (Å²) in [5.74, 6) is 0.627. The largest absolute Gasteiger partial charge is 0.378 e. The van der Waals surface area contributed by atoms with Crippen molar-refractivity contribution in [1.82, 2.24) is 0 Å². The summed E-state index contributed by atoms with van der Waals surface area (Å²) in [6, 6.07) is 22.0. The first kappa shape index (κ1) is 19.0. The van der Waals surface area contributed by atoms with Crippen LogP contribution in [0.1, 0.15) is 45.4 Å². The van der Waals surface area contributed by atoms with Crippen LogP contribution in [0.3, 0.4) is 0 Å². The Bertz CT molecular complexity index is 1150. The van der Waals surface area contributed by atoms with Crippen molar-refractivity contribution in [2.75, 3.05) is 10.6 Å². The van der Waals surface area contributed by atoms with Crippen LogP contribution in [0.4, 0.5) is 11.4 Å². The van der Waals surface area contributed by atoms with Crippen LogP contribution in [0.25, 0.3) is 0 Å². The molecule has 1 aliphatic heterocycles. The molecule has 0 spiro atoms. The van der Waals surface area contributed by atoms with Crippen molar-refractivity contribution in [3.63, 3.8) is 0 Å². The molecule has 1 aliphatic carbocycles. The minimum atomic E-state index is -0.0794. The van der Waals surface area contributed by atoms with Gasteiger partial charge in [-0.25, -0.2) is 0 Å². The number of benzene rings is 3. The molecule has 5 rings (SSSR count). The minimum Gasteiger partial charge on any atom is -0.378 e. The maximum atomic E-state index is 12.7. The molecule has 3 nitrogen and oxygen atoms in total. The van der Waals surface area contributed by atoms with Crippen LogP contribution >= 0.6 is 11.6 Å². The fraction of sp³-hybridized carbons (Fsp3) is 0.192. The highest BCUT2D eigenvalue weighted by Gasteiger charge is 2.38. The quantitative estimate of drug-likeness (QED) is 0.466. The number of amides is 1. The van der Waals surface area contributed by atoms with Gasteiger partial charge in [-0.15, -0.1) is 0 Å². The van der Waals surface area contributed by atoms with Crippen LogP contribution in [0, 0.1) is 12.8 Å². The highest BCUT2D eigenvalue weighted by Crippen LogP contribution is 2.51. The van der Waals surface area contributed by atoms with Gasteiger partial charge < -0.3 is 10.6 Å². The van der Waals surface area contributed by atoms with E-state index >= 15 is 0 Å². The number of halogens is 1. The van der Waals surface area contributed by atoms with E-state index in [1.54, 1.807) is 0 Å². The summed E-state index contributed by atoms with van der Waals surface area (Å²) in [4.78, 5) is 12.7. The van der Waals surface area contributed by atoms with Gasteiger partial charge in [-0.2, -0.15) is 0 Å². The van der Waals surface area contributed by atoms with Crippen molar-refractivity contribution < 1.29 is 4.79 Å². The number of allylic oxidation sites excluding steroid dienone is 2. The Morgan fingerprint density at radius 3 is 2.67 bits per heavy atom. The third kappa shape index (κ3) is 3.29. The topological polar surface area (TPSA) is 41.1 Å². The van der Waals surface area contributed by atoms with E-state index < -0.39 is 0 Å². The summed E-state index contributed by atoms with van der Waals surface area (Å²) in [7, 11) is 0. The predicted octanol–water partition coefficient (Wildman–Crippen LogP) is 6.73. The molecule has 30 heavy (non-hydrogen) atoms. The molecule has 0 saturated carbocycles. The molecule has 0 fully saturated rings. The molecule has 3 aromatic rings. The third-order valence-corrected chi connectivity index (χ3v) is 6.59. The number of carbonyl (C=O) groups excluding carboxylic acids is 1. The standard InChI is InChI=1S/C26H23ClN2O/c1-16-7-2-3-8-18(16)26(30)28-17-13-14-24-22(15-17)19-10-6-11-20(19)25(29-24)21-9-4-5-12-23(21)27/h2-10,12-15,19-20,25,29H,11H2,1H3,(H,28,30). The maximum Gasteiger partial charge on any atom is 0.255 e. The fourth-order valence-electron chi connectivity index (χ4n) is 4.73. The van der Waals surface area contributed by atoms with E-state index in [9.17, 15) is 4.79 Å². The van der Waals surface area contributed by atoms with Crippen LogP contribution in [0.15, 0.2) is 78.9 Å². The number of fused-ring (bicyclic) bond motifs is 3. The second kappa shape index (κ2) is 7.66. The van der Waals surface area contributed by atoms with Gasteiger partial charge in [0.05, 0.1) is 6.04 Å². The van der Waals surface area contributed by atoms with Gasteiger partial charge in [0, 0.05) is 27.9 Å². The molecule has 2 N–H and O–H groups in total. The van der Waals surface area contributed by atoms with Gasteiger partial charge in [0.25, 0.3) is 5.91 Å². The zero-order chi connectivity index (χ0) is 20.7. The van der Waals surface area contributed by atoms with Crippen LogP contribution in [0.5, 0.6) is 0 Å². The number of hydrogen-bond acceptors (Lipinski definition) is 2. The summed E-state index contributed by atoms with van der Waals surface area (Å²) in [5.41, 5.74) is 5.95. The molecule has 1 heterocycles. The average molecular weight is 415 g/mol. The molecule has 0 radical (unpaired) electrons. The van der Waals surface area contributed by atoms with E-state index in [-0.39, 0.29) is 11.9 Å². The molecule has 3 atom stereocenters. The predicted molar refractivity (Wildman–Crippen MR) is 123 cm³/mol. The number of anilines is 2. The van der Waals surface area contributed by atoms with Crippen molar-refractivity contribution >= 4 is 28.9 Å². The Labute approximate surface area is 181 Å². The normalized spacial score (nSPS) is 21.5. The maximum absolute atomic E-state index is 12.7. The molecule has 0 saturated heterocycles. The van der Waals surface area contributed by atoms with Crippen molar-refractivity contribution in [3.05, 3.63) is 106 Å². The first-order chi connectivity index (χ1) is 14.6. The molecule has 3 aromatic carbocycles. The van der Waals surface area contributed by atoms with Gasteiger partial charge in [0.2, 0.25) is 0 Å². The van der Waals surface area contributed by atoms with E-state index in [1.165, 1.54) is 5.56 Å². The Kier molecular flexibility index (Phi) is 4.84. The van der Waals surface area contributed by atoms with E-state index in [4.69, 9.17) is 11.6 Å². The van der Waals surface area contributed by atoms with Gasteiger partial charge in [-0.1, -0.05) is 60.2 Å². The first-order valence-corrected chi connectivity index (χ1v) is 10.7. The molecular weight excluding hydrogens is 392 g/mol. The van der Waals surface area contributed by atoms with Gasteiger partial charge in [-0.05, 0) is 66.3 Å². The summed E-state index contributed by atoms with van der Waals surface area (Å²) in [6.07, 6.45) is 5.56. The summed E-state index contributed by atoms with van der Waals surface area (Å²) in [5, 5.41) is 7.58. The summed E-state index contributed by atoms with van der Waals surface area (Å²) in [6.45, 7) is 1.95. The monoisotopic (exact) mass is 414 g/mol. The molecule has 150 valence electrons. The fourth-order valence-corrected chi connectivity index (χ4v) is 4.99. The zero-order valence-corrected chi connectivity index (χ0v) is 17.5. The van der Waals surface area contributed by atoms with Crippen molar-refractivity contribution in [1.29, 1.82) is 0 Å². The van der Waals surface area contributed by atoms with Crippen molar-refractivity contribution in [3.8, 4) is 0 Å². The molecule has 3 unspecified atom stereocenters. The molecule has 4 heteroatoms. The van der Waals surface area contributed by atoms with E-state index in [2.05, 4.69) is 41.0 Å². The van der Waals surface area contributed by atoms with Gasteiger partial charge in [0.1, 0.15) is 0 Å². The minimum absolute atomic E-state index is 0.0794. The van der Waals surface area contributed by atoms with Crippen LogP contribution in [-0.2, 0) is 0 Å². The number of carbonyl (C=O) groups is 1. The summed E-state index contributed by atoms with van der Waals surface area (Å²) < 4.78 is 0. The lowest BCUT2D eigenvalue weighted by atomic mass is 9.77. The molecule has 0 bridgehead atoms.